The number of benzene rings is 2. The van der Waals surface area contributed by atoms with Gasteiger partial charge in [-0.2, -0.15) is 5.26 Å². The van der Waals surface area contributed by atoms with Gasteiger partial charge in [-0.1, -0.05) is 22.0 Å². The Morgan fingerprint density at radius 2 is 2.10 bits per heavy atom. The summed E-state index contributed by atoms with van der Waals surface area (Å²) < 4.78 is 0.847. The maximum atomic E-state index is 12.2. The van der Waals surface area contributed by atoms with E-state index in [-0.39, 0.29) is 6.03 Å². The van der Waals surface area contributed by atoms with Crippen LogP contribution in [0.1, 0.15) is 5.56 Å². The van der Waals surface area contributed by atoms with E-state index in [1.165, 1.54) is 4.90 Å². The van der Waals surface area contributed by atoms with Crippen LogP contribution in [0, 0.1) is 11.3 Å². The van der Waals surface area contributed by atoms with Crippen LogP contribution in [0.5, 0.6) is 0 Å². The number of carbonyl (C=O) groups is 1. The van der Waals surface area contributed by atoms with Gasteiger partial charge in [-0.05, 0) is 36.4 Å². The molecular weight excluding hydrogens is 332 g/mol. The van der Waals surface area contributed by atoms with E-state index >= 15 is 0 Å². The number of hydrogen-bond acceptors (Lipinski definition) is 3. The summed E-state index contributed by atoms with van der Waals surface area (Å²) in [5, 5.41) is 11.6. The average Bonchev–Trinajstić information content (AvgIpc) is 2.46. The zero-order valence-electron chi connectivity index (χ0n) is 11.3. The second kappa shape index (κ2) is 6.29. The van der Waals surface area contributed by atoms with Crippen molar-refractivity contribution in [1.82, 2.24) is 0 Å². The molecule has 0 aromatic heterocycles. The van der Waals surface area contributed by atoms with Crippen molar-refractivity contribution in [2.24, 2.45) is 0 Å². The van der Waals surface area contributed by atoms with Crippen molar-refractivity contribution in [3.05, 3.63) is 52.5 Å². The smallest absolute Gasteiger partial charge is 0.326 e. The van der Waals surface area contributed by atoms with E-state index < -0.39 is 0 Å². The Morgan fingerprint density at radius 1 is 1.33 bits per heavy atom. The van der Waals surface area contributed by atoms with Crippen LogP contribution in [-0.4, -0.2) is 13.1 Å². The molecule has 0 radical (unpaired) electrons. The molecule has 3 N–H and O–H groups in total. The van der Waals surface area contributed by atoms with E-state index in [1.54, 1.807) is 43.4 Å². The van der Waals surface area contributed by atoms with Crippen LogP contribution in [-0.2, 0) is 0 Å². The zero-order valence-corrected chi connectivity index (χ0v) is 12.9. The number of hydrogen-bond donors (Lipinski definition) is 2. The van der Waals surface area contributed by atoms with Gasteiger partial charge in [-0.15, -0.1) is 0 Å². The highest BCUT2D eigenvalue weighted by Gasteiger charge is 2.14. The number of anilines is 3. The van der Waals surface area contributed by atoms with Crippen LogP contribution in [0.2, 0.25) is 0 Å². The molecule has 106 valence electrons. The number of nitrogen functional groups attached to an aromatic ring is 1. The number of nitrogens with two attached hydrogens (primary N) is 1. The van der Waals surface area contributed by atoms with Crippen molar-refractivity contribution in [2.75, 3.05) is 23.0 Å². The molecule has 0 bridgehead atoms. The van der Waals surface area contributed by atoms with Crippen molar-refractivity contribution >= 4 is 39.0 Å². The molecule has 0 atom stereocenters. The van der Waals surface area contributed by atoms with Gasteiger partial charge in [0.15, 0.2) is 0 Å². The van der Waals surface area contributed by atoms with Crippen molar-refractivity contribution in [1.29, 1.82) is 5.26 Å². The summed E-state index contributed by atoms with van der Waals surface area (Å²) in [5.74, 6) is 0. The Kier molecular flexibility index (Phi) is 4.45. The number of nitrogens with one attached hydrogen (secondary N) is 1. The maximum Gasteiger partial charge on any atom is 0.326 e. The number of halogens is 1. The van der Waals surface area contributed by atoms with Crippen molar-refractivity contribution in [3.63, 3.8) is 0 Å². The van der Waals surface area contributed by atoms with E-state index in [0.29, 0.717) is 22.6 Å². The number of amides is 2. The molecule has 0 fully saturated rings. The lowest BCUT2D eigenvalue weighted by atomic mass is 10.2. The molecule has 2 aromatic rings. The summed E-state index contributed by atoms with van der Waals surface area (Å²) in [7, 11) is 1.63. The molecule has 0 spiro atoms. The van der Waals surface area contributed by atoms with Gasteiger partial charge in [-0.3, -0.25) is 4.90 Å². The van der Waals surface area contributed by atoms with Crippen LogP contribution in [0.3, 0.4) is 0 Å². The molecule has 0 aliphatic rings. The van der Waals surface area contributed by atoms with Gasteiger partial charge in [-0.25, -0.2) is 4.79 Å². The summed E-state index contributed by atoms with van der Waals surface area (Å²) >= 11 is 3.32. The number of rotatable bonds is 2. The van der Waals surface area contributed by atoms with E-state index in [0.717, 1.165) is 4.47 Å². The van der Waals surface area contributed by atoms with Gasteiger partial charge < -0.3 is 11.1 Å². The van der Waals surface area contributed by atoms with E-state index in [9.17, 15) is 4.79 Å². The van der Waals surface area contributed by atoms with E-state index in [1.807, 2.05) is 12.1 Å². The molecule has 0 saturated heterocycles. The molecule has 0 aliphatic heterocycles. The van der Waals surface area contributed by atoms with E-state index in [4.69, 9.17) is 11.0 Å². The predicted octanol–water partition coefficient (Wildman–Crippen LogP) is 3.57. The number of nitrogens with zero attached hydrogens (tertiary/aromatic N) is 2. The molecule has 5 nitrogen and oxygen atoms in total. The third-order valence-corrected chi connectivity index (χ3v) is 3.39. The lowest BCUT2D eigenvalue weighted by Crippen LogP contribution is -2.31. The molecule has 0 aliphatic carbocycles. The Hall–Kier alpha value is -2.52. The van der Waals surface area contributed by atoms with Gasteiger partial charge in [0, 0.05) is 17.2 Å². The molecule has 0 saturated carbocycles. The topological polar surface area (TPSA) is 82.2 Å². The monoisotopic (exact) mass is 344 g/mol. The first-order valence-electron chi connectivity index (χ1n) is 6.11. The van der Waals surface area contributed by atoms with Crippen LogP contribution in [0.25, 0.3) is 0 Å². The fourth-order valence-corrected chi connectivity index (χ4v) is 2.19. The van der Waals surface area contributed by atoms with Crippen LogP contribution >= 0.6 is 15.9 Å². The second-order valence-corrected chi connectivity index (χ2v) is 5.30. The van der Waals surface area contributed by atoms with Gasteiger partial charge >= 0.3 is 6.03 Å². The minimum Gasteiger partial charge on any atom is -0.397 e. The number of urea groups is 1. The zero-order chi connectivity index (χ0) is 15.4. The summed E-state index contributed by atoms with van der Waals surface area (Å²) in [6.45, 7) is 0. The van der Waals surface area contributed by atoms with Gasteiger partial charge in [0.1, 0.15) is 0 Å². The molecule has 0 heterocycles. The second-order valence-electron chi connectivity index (χ2n) is 4.38. The average molecular weight is 345 g/mol. The number of carbonyl (C=O) groups excluding carboxylic acids is 1. The normalized spacial score (nSPS) is 9.76. The highest BCUT2D eigenvalue weighted by atomic mass is 79.9. The summed E-state index contributed by atoms with van der Waals surface area (Å²) in [6.07, 6.45) is 0. The molecule has 2 amide bonds. The Labute approximate surface area is 131 Å². The molecular formula is C15H13BrN4O. The lowest BCUT2D eigenvalue weighted by molar-refractivity contribution is 0.258. The lowest BCUT2D eigenvalue weighted by Gasteiger charge is -2.20. The summed E-state index contributed by atoms with van der Waals surface area (Å²) in [6, 6.07) is 13.7. The van der Waals surface area contributed by atoms with Crippen molar-refractivity contribution < 1.29 is 4.79 Å². The van der Waals surface area contributed by atoms with Crippen LogP contribution < -0.4 is 16.0 Å². The molecule has 0 unspecified atom stereocenters. The maximum absolute atomic E-state index is 12.2. The van der Waals surface area contributed by atoms with Gasteiger partial charge in [0.25, 0.3) is 0 Å². The number of nitriles is 1. The first kappa shape index (κ1) is 14.9. The fourth-order valence-electron chi connectivity index (χ4n) is 1.81. The molecule has 2 aromatic carbocycles. The van der Waals surface area contributed by atoms with Crippen LogP contribution in [0.15, 0.2) is 46.9 Å². The third-order valence-electron chi connectivity index (χ3n) is 2.90. The Morgan fingerprint density at radius 3 is 2.76 bits per heavy atom. The van der Waals surface area contributed by atoms with Crippen molar-refractivity contribution in [3.8, 4) is 6.07 Å². The molecule has 21 heavy (non-hydrogen) atoms. The van der Waals surface area contributed by atoms with Crippen LogP contribution in [0.4, 0.5) is 21.9 Å². The predicted molar refractivity (Wildman–Crippen MR) is 87.1 cm³/mol. The Balaban J connectivity index is 2.17. The molecule has 2 rings (SSSR count). The van der Waals surface area contributed by atoms with Crippen molar-refractivity contribution in [2.45, 2.75) is 0 Å². The van der Waals surface area contributed by atoms with Gasteiger partial charge in [0.05, 0.1) is 23.0 Å². The molecule has 6 heteroatoms. The first-order valence-corrected chi connectivity index (χ1v) is 6.90. The quantitative estimate of drug-likeness (QED) is 0.817. The minimum atomic E-state index is -0.334. The fraction of sp³-hybridized carbons (Fsp3) is 0.0667. The SMILES string of the molecule is CN(C(=O)Nc1cccc(C#N)c1)c1ccc(Br)cc1N. The highest BCUT2D eigenvalue weighted by molar-refractivity contribution is 9.10. The van der Waals surface area contributed by atoms with Gasteiger partial charge in [0.2, 0.25) is 0 Å². The standard InChI is InChI=1S/C15H13BrN4O/c1-20(14-6-5-11(16)8-13(14)18)15(21)19-12-4-2-3-10(7-12)9-17/h2-8H,18H2,1H3,(H,19,21). The van der Waals surface area contributed by atoms with E-state index in [2.05, 4.69) is 21.2 Å². The largest absolute Gasteiger partial charge is 0.397 e. The Bertz CT molecular complexity index is 724. The highest BCUT2D eigenvalue weighted by Crippen LogP contribution is 2.26. The summed E-state index contributed by atoms with van der Waals surface area (Å²) in [4.78, 5) is 13.6. The summed E-state index contributed by atoms with van der Waals surface area (Å²) in [5.41, 5.74) is 8.04. The third kappa shape index (κ3) is 3.52. The first-order chi connectivity index (χ1) is 10.0. The minimum absolute atomic E-state index is 0.334.